The number of carbonyl (C=O) groups is 1. The fraction of sp³-hybridized carbons (Fsp3) is 0.667. The molecule has 1 atom stereocenters. The molecule has 0 unspecified atom stereocenters. The van der Waals surface area contributed by atoms with Crippen LogP contribution in [0.15, 0.2) is 5.38 Å². The van der Waals surface area contributed by atoms with Crippen LogP contribution < -0.4 is 5.32 Å². The normalized spacial score (nSPS) is 12.8. The Bertz CT molecular complexity index is 362. The monoisotopic (exact) mass is 255 g/mol. The molecule has 0 saturated carbocycles. The van der Waals surface area contributed by atoms with E-state index in [1.54, 1.807) is 11.3 Å². The summed E-state index contributed by atoms with van der Waals surface area (Å²) in [5, 5.41) is 6.15. The van der Waals surface area contributed by atoms with Crippen LogP contribution in [0.4, 0.5) is 0 Å². The zero-order valence-corrected chi connectivity index (χ0v) is 11.8. The van der Waals surface area contributed by atoms with Crippen molar-refractivity contribution in [1.29, 1.82) is 0 Å². The van der Waals surface area contributed by atoms with Crippen LogP contribution in [-0.4, -0.2) is 42.5 Å². The van der Waals surface area contributed by atoms with Gasteiger partial charge in [0.15, 0.2) is 0 Å². The van der Waals surface area contributed by atoms with Crippen molar-refractivity contribution in [2.45, 2.75) is 32.7 Å². The van der Waals surface area contributed by atoms with Crippen LogP contribution in [0.3, 0.4) is 0 Å². The lowest BCUT2D eigenvalue weighted by molar-refractivity contribution is -0.124. The van der Waals surface area contributed by atoms with Gasteiger partial charge in [-0.2, -0.15) is 0 Å². The first-order valence-corrected chi connectivity index (χ1v) is 6.74. The SMILES string of the molecule is Cc1csc(CCCNC(=O)[C@@H](C)N(C)C)n1. The van der Waals surface area contributed by atoms with Gasteiger partial charge >= 0.3 is 0 Å². The number of amides is 1. The number of aryl methyl sites for hydroxylation is 2. The third-order valence-corrected chi connectivity index (χ3v) is 3.71. The second kappa shape index (κ2) is 6.71. The topological polar surface area (TPSA) is 45.2 Å². The van der Waals surface area contributed by atoms with Crippen molar-refractivity contribution >= 4 is 17.2 Å². The molecule has 0 aliphatic rings. The van der Waals surface area contributed by atoms with E-state index in [0.717, 1.165) is 30.1 Å². The largest absolute Gasteiger partial charge is 0.355 e. The molecule has 1 aromatic rings. The highest BCUT2D eigenvalue weighted by molar-refractivity contribution is 7.09. The third-order valence-electron chi connectivity index (χ3n) is 2.69. The number of aromatic nitrogens is 1. The summed E-state index contributed by atoms with van der Waals surface area (Å²) in [7, 11) is 3.81. The fourth-order valence-corrected chi connectivity index (χ4v) is 2.17. The molecule has 0 bridgehead atoms. The Morgan fingerprint density at radius 1 is 1.59 bits per heavy atom. The van der Waals surface area contributed by atoms with Crippen molar-refractivity contribution < 1.29 is 4.79 Å². The molecule has 1 rings (SSSR count). The van der Waals surface area contributed by atoms with Crippen molar-refractivity contribution in [1.82, 2.24) is 15.2 Å². The Morgan fingerprint density at radius 3 is 2.82 bits per heavy atom. The molecular weight excluding hydrogens is 234 g/mol. The molecule has 1 heterocycles. The molecule has 0 spiro atoms. The third kappa shape index (κ3) is 4.83. The Balaban J connectivity index is 2.18. The van der Waals surface area contributed by atoms with Crippen LogP contribution in [0.2, 0.25) is 0 Å². The second-order valence-electron chi connectivity index (χ2n) is 4.42. The Kier molecular flexibility index (Phi) is 5.58. The van der Waals surface area contributed by atoms with Crippen LogP contribution in [0.5, 0.6) is 0 Å². The van der Waals surface area contributed by atoms with Crippen molar-refractivity contribution in [3.05, 3.63) is 16.1 Å². The minimum Gasteiger partial charge on any atom is -0.355 e. The van der Waals surface area contributed by atoms with Crippen LogP contribution in [0.1, 0.15) is 24.0 Å². The summed E-state index contributed by atoms with van der Waals surface area (Å²) in [6, 6.07) is -0.0721. The molecule has 0 saturated heterocycles. The molecule has 1 amide bonds. The molecule has 0 radical (unpaired) electrons. The molecule has 0 aromatic carbocycles. The lowest BCUT2D eigenvalue weighted by Crippen LogP contribution is -2.41. The van der Waals surface area contributed by atoms with E-state index < -0.39 is 0 Å². The van der Waals surface area contributed by atoms with Gasteiger partial charge in [0.05, 0.1) is 11.0 Å². The summed E-state index contributed by atoms with van der Waals surface area (Å²) < 4.78 is 0. The number of thiazole rings is 1. The van der Waals surface area contributed by atoms with Gasteiger partial charge in [-0.3, -0.25) is 9.69 Å². The first kappa shape index (κ1) is 14.1. The molecule has 0 fully saturated rings. The molecule has 96 valence electrons. The Hall–Kier alpha value is -0.940. The predicted molar refractivity (Wildman–Crippen MR) is 71.3 cm³/mol. The summed E-state index contributed by atoms with van der Waals surface area (Å²) in [5.41, 5.74) is 1.08. The molecule has 0 aliphatic heterocycles. The standard InChI is InChI=1S/C12H21N3OS/c1-9-8-17-11(14-9)6-5-7-13-12(16)10(2)15(3)4/h8,10H,5-7H2,1-4H3,(H,13,16)/t10-/m1/s1. The lowest BCUT2D eigenvalue weighted by atomic mass is 10.2. The number of likely N-dealkylation sites (N-methyl/N-ethyl adjacent to an activating group) is 1. The van der Waals surface area contributed by atoms with E-state index in [0.29, 0.717) is 0 Å². The zero-order valence-electron chi connectivity index (χ0n) is 11.0. The van der Waals surface area contributed by atoms with E-state index in [1.807, 2.05) is 32.8 Å². The van der Waals surface area contributed by atoms with E-state index in [2.05, 4.69) is 15.7 Å². The first-order chi connectivity index (χ1) is 8.00. The highest BCUT2D eigenvalue weighted by Gasteiger charge is 2.13. The highest BCUT2D eigenvalue weighted by atomic mass is 32.1. The molecule has 1 N–H and O–H groups in total. The van der Waals surface area contributed by atoms with Gasteiger partial charge in [0.2, 0.25) is 5.91 Å². The smallest absolute Gasteiger partial charge is 0.237 e. The fourth-order valence-electron chi connectivity index (χ4n) is 1.35. The second-order valence-corrected chi connectivity index (χ2v) is 5.36. The van der Waals surface area contributed by atoms with Crippen LogP contribution >= 0.6 is 11.3 Å². The molecule has 4 nitrogen and oxygen atoms in total. The van der Waals surface area contributed by atoms with Gasteiger partial charge in [-0.05, 0) is 34.4 Å². The highest BCUT2D eigenvalue weighted by Crippen LogP contribution is 2.10. The quantitative estimate of drug-likeness (QED) is 0.783. The summed E-state index contributed by atoms with van der Waals surface area (Å²) in [6.45, 7) is 4.62. The Morgan fingerprint density at radius 2 is 2.29 bits per heavy atom. The van der Waals surface area contributed by atoms with Crippen LogP contribution in [0, 0.1) is 6.92 Å². The molecule has 5 heteroatoms. The minimum atomic E-state index is -0.0721. The number of hydrogen-bond acceptors (Lipinski definition) is 4. The number of rotatable bonds is 6. The number of nitrogens with one attached hydrogen (secondary N) is 1. The average Bonchev–Trinajstić information content (AvgIpc) is 2.69. The van der Waals surface area contributed by atoms with E-state index in [-0.39, 0.29) is 11.9 Å². The molecule has 1 aromatic heterocycles. The van der Waals surface area contributed by atoms with Gasteiger partial charge in [0, 0.05) is 24.0 Å². The maximum atomic E-state index is 11.6. The van der Waals surface area contributed by atoms with Crippen molar-refractivity contribution in [3.63, 3.8) is 0 Å². The number of hydrogen-bond donors (Lipinski definition) is 1. The molecule has 0 aliphatic carbocycles. The van der Waals surface area contributed by atoms with Crippen LogP contribution in [-0.2, 0) is 11.2 Å². The van der Waals surface area contributed by atoms with Gasteiger partial charge < -0.3 is 5.32 Å². The molecule has 17 heavy (non-hydrogen) atoms. The number of carbonyl (C=O) groups excluding carboxylic acids is 1. The van der Waals surface area contributed by atoms with Gasteiger partial charge in [0.25, 0.3) is 0 Å². The van der Waals surface area contributed by atoms with Crippen molar-refractivity contribution in [3.8, 4) is 0 Å². The average molecular weight is 255 g/mol. The van der Waals surface area contributed by atoms with E-state index in [1.165, 1.54) is 0 Å². The summed E-state index contributed by atoms with van der Waals surface area (Å²) in [4.78, 5) is 17.9. The lowest BCUT2D eigenvalue weighted by Gasteiger charge is -2.18. The summed E-state index contributed by atoms with van der Waals surface area (Å²) in [5.74, 6) is 0.0883. The summed E-state index contributed by atoms with van der Waals surface area (Å²) >= 11 is 1.69. The van der Waals surface area contributed by atoms with E-state index in [9.17, 15) is 4.79 Å². The van der Waals surface area contributed by atoms with E-state index >= 15 is 0 Å². The first-order valence-electron chi connectivity index (χ1n) is 5.86. The minimum absolute atomic E-state index is 0.0721. The zero-order chi connectivity index (χ0) is 12.8. The van der Waals surface area contributed by atoms with Gasteiger partial charge in [0.1, 0.15) is 0 Å². The van der Waals surface area contributed by atoms with Gasteiger partial charge in [-0.1, -0.05) is 0 Å². The van der Waals surface area contributed by atoms with Crippen molar-refractivity contribution in [2.75, 3.05) is 20.6 Å². The predicted octanol–water partition coefficient (Wildman–Crippen LogP) is 1.45. The van der Waals surface area contributed by atoms with Crippen molar-refractivity contribution in [2.24, 2.45) is 0 Å². The van der Waals surface area contributed by atoms with E-state index in [4.69, 9.17) is 0 Å². The van der Waals surface area contributed by atoms with Crippen LogP contribution in [0.25, 0.3) is 0 Å². The Labute approximate surface area is 107 Å². The molecular formula is C12H21N3OS. The van der Waals surface area contributed by atoms with Gasteiger partial charge in [-0.15, -0.1) is 11.3 Å². The maximum absolute atomic E-state index is 11.6. The summed E-state index contributed by atoms with van der Waals surface area (Å²) in [6.07, 6.45) is 1.88. The maximum Gasteiger partial charge on any atom is 0.237 e. The number of nitrogens with zero attached hydrogens (tertiary/aromatic N) is 2. The van der Waals surface area contributed by atoms with Gasteiger partial charge in [-0.25, -0.2) is 4.98 Å².